The number of ether oxygens (including phenoxy) is 3. The Bertz CT molecular complexity index is 1810. The van der Waals surface area contributed by atoms with E-state index in [0.717, 1.165) is 84.2 Å². The van der Waals surface area contributed by atoms with Crippen molar-refractivity contribution in [1.82, 2.24) is 34.3 Å². The third-order valence-electron chi connectivity index (χ3n) is 9.78. The van der Waals surface area contributed by atoms with E-state index in [4.69, 9.17) is 24.3 Å². The molecule has 49 heavy (non-hydrogen) atoms. The summed E-state index contributed by atoms with van der Waals surface area (Å²) in [7, 11) is 0. The summed E-state index contributed by atoms with van der Waals surface area (Å²) in [6.45, 7) is 12.5. The molecule has 2 saturated heterocycles. The number of nitrogens with zero attached hydrogens (tertiary/aromatic N) is 7. The summed E-state index contributed by atoms with van der Waals surface area (Å²) in [4.78, 5) is 33.3. The highest BCUT2D eigenvalue weighted by Gasteiger charge is 2.31. The highest BCUT2D eigenvalue weighted by Crippen LogP contribution is 2.37. The molecule has 6 heterocycles. The van der Waals surface area contributed by atoms with E-state index < -0.39 is 5.60 Å². The quantitative estimate of drug-likeness (QED) is 0.249. The number of aromatic nitrogens is 5. The van der Waals surface area contributed by atoms with Crippen molar-refractivity contribution in [2.75, 3.05) is 39.5 Å². The van der Waals surface area contributed by atoms with Gasteiger partial charge in [-0.3, -0.25) is 19.1 Å². The zero-order valence-electron chi connectivity index (χ0n) is 29.1. The minimum absolute atomic E-state index is 0.0902. The van der Waals surface area contributed by atoms with Crippen molar-refractivity contribution in [3.63, 3.8) is 0 Å². The molecule has 2 fully saturated rings. The molecular formula is C37H47N7O5. The molecule has 3 aromatic heterocycles. The number of fused-ring (bicyclic) bond motifs is 2. The second kappa shape index (κ2) is 13.9. The van der Waals surface area contributed by atoms with Crippen molar-refractivity contribution in [2.24, 2.45) is 0 Å². The van der Waals surface area contributed by atoms with Crippen LogP contribution in [0.4, 0.5) is 4.79 Å². The number of amides is 2. The van der Waals surface area contributed by atoms with Gasteiger partial charge in [0, 0.05) is 92.9 Å². The molecule has 0 N–H and O–H groups in total. The van der Waals surface area contributed by atoms with Crippen molar-refractivity contribution in [3.8, 4) is 22.5 Å². The highest BCUT2D eigenvalue weighted by molar-refractivity contribution is 5.97. The molecule has 12 nitrogen and oxygen atoms in total. The Labute approximate surface area is 287 Å². The predicted molar refractivity (Wildman–Crippen MR) is 185 cm³/mol. The molecule has 12 heteroatoms. The maximum atomic E-state index is 12.4. The Morgan fingerprint density at radius 1 is 1.02 bits per heavy atom. The molecule has 4 aromatic rings. The van der Waals surface area contributed by atoms with Gasteiger partial charge in [-0.05, 0) is 57.9 Å². The summed E-state index contributed by atoms with van der Waals surface area (Å²) in [5.41, 5.74) is 5.66. The third kappa shape index (κ3) is 7.35. The fourth-order valence-electron chi connectivity index (χ4n) is 7.16. The molecule has 3 aliphatic rings. The molecule has 0 aliphatic carbocycles. The Balaban J connectivity index is 1.03. The first-order chi connectivity index (χ1) is 23.6. The smallest absolute Gasteiger partial charge is 0.410 e. The van der Waals surface area contributed by atoms with Crippen molar-refractivity contribution >= 4 is 22.8 Å². The number of hydrogen-bond donors (Lipinski definition) is 0. The van der Waals surface area contributed by atoms with E-state index in [1.54, 1.807) is 11.8 Å². The first-order valence-corrected chi connectivity index (χ1v) is 17.6. The Kier molecular flexibility index (Phi) is 9.43. The van der Waals surface area contributed by atoms with Gasteiger partial charge in [0.25, 0.3) is 0 Å². The van der Waals surface area contributed by atoms with Crippen LogP contribution in [0.5, 0.6) is 0 Å². The van der Waals surface area contributed by atoms with Crippen LogP contribution in [-0.2, 0) is 38.5 Å². The Morgan fingerprint density at radius 2 is 1.82 bits per heavy atom. The second-order valence-electron chi connectivity index (χ2n) is 14.4. The fourth-order valence-corrected chi connectivity index (χ4v) is 7.16. The summed E-state index contributed by atoms with van der Waals surface area (Å²) in [5, 5.41) is 11.9. The maximum Gasteiger partial charge on any atom is 0.410 e. The summed E-state index contributed by atoms with van der Waals surface area (Å²) in [6, 6.07) is 8.72. The van der Waals surface area contributed by atoms with Gasteiger partial charge >= 0.3 is 6.09 Å². The van der Waals surface area contributed by atoms with Crippen molar-refractivity contribution in [1.29, 1.82) is 0 Å². The van der Waals surface area contributed by atoms with Gasteiger partial charge in [-0.2, -0.15) is 10.2 Å². The lowest BCUT2D eigenvalue weighted by atomic mass is 9.96. The summed E-state index contributed by atoms with van der Waals surface area (Å²) in [5.74, 6) is 0.0902. The molecule has 0 atom stereocenters. The van der Waals surface area contributed by atoms with Gasteiger partial charge in [0.05, 0.1) is 42.9 Å². The van der Waals surface area contributed by atoms with Gasteiger partial charge in [-0.15, -0.1) is 0 Å². The van der Waals surface area contributed by atoms with E-state index in [2.05, 4.69) is 34.0 Å². The third-order valence-corrected chi connectivity index (χ3v) is 9.78. The van der Waals surface area contributed by atoms with Gasteiger partial charge in [0.2, 0.25) is 5.91 Å². The van der Waals surface area contributed by atoms with Gasteiger partial charge in [0.15, 0.2) is 0 Å². The number of benzene rings is 1. The molecule has 0 bridgehead atoms. The van der Waals surface area contributed by atoms with Gasteiger partial charge in [-0.1, -0.05) is 18.2 Å². The van der Waals surface area contributed by atoms with E-state index >= 15 is 0 Å². The van der Waals surface area contributed by atoms with E-state index in [1.165, 1.54) is 5.69 Å². The van der Waals surface area contributed by atoms with Gasteiger partial charge < -0.3 is 24.0 Å². The van der Waals surface area contributed by atoms with Crippen LogP contribution in [0, 0.1) is 0 Å². The molecule has 0 unspecified atom stereocenters. The minimum atomic E-state index is -0.492. The number of likely N-dealkylation sites (tertiary alicyclic amines) is 1. The van der Waals surface area contributed by atoms with Crippen LogP contribution in [0.25, 0.3) is 33.3 Å². The van der Waals surface area contributed by atoms with Gasteiger partial charge in [-0.25, -0.2) is 4.79 Å². The Morgan fingerprint density at radius 3 is 2.57 bits per heavy atom. The molecule has 2 amide bonds. The number of piperidine rings is 1. The number of carbonyl (C=O) groups is 2. The molecule has 0 spiro atoms. The lowest BCUT2D eigenvalue weighted by molar-refractivity contribution is -0.129. The molecule has 0 saturated carbocycles. The summed E-state index contributed by atoms with van der Waals surface area (Å²) in [6.07, 6.45) is 9.93. The highest BCUT2D eigenvalue weighted by atomic mass is 16.6. The molecule has 3 aliphatic heterocycles. The summed E-state index contributed by atoms with van der Waals surface area (Å²) < 4.78 is 21.4. The minimum Gasteiger partial charge on any atom is -0.444 e. The zero-order valence-corrected chi connectivity index (χ0v) is 29.1. The molecular weight excluding hydrogens is 622 g/mol. The van der Waals surface area contributed by atoms with Crippen LogP contribution in [-0.4, -0.2) is 97.5 Å². The van der Waals surface area contributed by atoms with Crippen molar-refractivity contribution < 1.29 is 23.8 Å². The first kappa shape index (κ1) is 33.2. The van der Waals surface area contributed by atoms with Crippen LogP contribution in [0.2, 0.25) is 0 Å². The fraction of sp³-hybridized carbons (Fsp3) is 0.541. The molecule has 7 rings (SSSR count). The maximum absolute atomic E-state index is 12.4. The first-order valence-electron chi connectivity index (χ1n) is 17.6. The molecule has 0 radical (unpaired) electrons. The predicted octanol–water partition coefficient (Wildman–Crippen LogP) is 5.63. The molecule has 1 aromatic carbocycles. The number of pyridine rings is 1. The average molecular weight is 670 g/mol. The standard InChI is InChI=1S/C37H47N7O5/c1-25(45)42-15-10-34-32(24-42)35(40-44(34)28-11-17-47-18-12-28)30-7-5-6-26-20-33(38-22-31(26)30)27-21-39-43(23-27)16-19-48-29-8-13-41(14-9-29)36(46)49-37(2,3)4/h5-7,20-23,28-29H,8-19,24H2,1-4H3. The van der Waals surface area contributed by atoms with E-state index in [0.29, 0.717) is 45.4 Å². The normalized spacial score (nSPS) is 17.8. The van der Waals surface area contributed by atoms with Crippen LogP contribution in [0.3, 0.4) is 0 Å². The van der Waals surface area contributed by atoms with Gasteiger partial charge in [0.1, 0.15) is 5.60 Å². The van der Waals surface area contributed by atoms with Crippen LogP contribution >= 0.6 is 0 Å². The number of hydrogen-bond acceptors (Lipinski definition) is 8. The van der Waals surface area contributed by atoms with Crippen molar-refractivity contribution in [3.05, 3.63) is 54.1 Å². The van der Waals surface area contributed by atoms with Crippen LogP contribution < -0.4 is 0 Å². The summed E-state index contributed by atoms with van der Waals surface area (Å²) >= 11 is 0. The average Bonchev–Trinajstić information content (AvgIpc) is 3.73. The van der Waals surface area contributed by atoms with E-state index in [-0.39, 0.29) is 18.1 Å². The molecule has 260 valence electrons. The van der Waals surface area contributed by atoms with E-state index in [1.807, 2.05) is 48.9 Å². The van der Waals surface area contributed by atoms with E-state index in [9.17, 15) is 9.59 Å². The second-order valence-corrected chi connectivity index (χ2v) is 14.4. The Hall–Kier alpha value is -4.29. The van der Waals surface area contributed by atoms with Crippen molar-refractivity contribution in [2.45, 2.75) is 90.6 Å². The monoisotopic (exact) mass is 669 g/mol. The number of carbonyl (C=O) groups excluding carboxylic acids is 2. The van der Waals surface area contributed by atoms with Crippen LogP contribution in [0.15, 0.2) is 42.9 Å². The largest absolute Gasteiger partial charge is 0.444 e. The zero-order chi connectivity index (χ0) is 34.1. The number of rotatable bonds is 7. The topological polar surface area (TPSA) is 117 Å². The SMILES string of the molecule is CC(=O)N1CCc2c(c(-c3cccc4cc(-c5cnn(CCOC6CCN(C(=O)OC(C)(C)C)CC6)c5)ncc34)nn2C2CCOCC2)C1. The lowest BCUT2D eigenvalue weighted by Gasteiger charge is -2.33. The van der Waals surface area contributed by atoms with Crippen LogP contribution in [0.1, 0.15) is 70.7 Å². The lowest BCUT2D eigenvalue weighted by Crippen LogP contribution is -2.43.